The summed E-state index contributed by atoms with van der Waals surface area (Å²) in [5.74, 6) is 0.236. The Kier molecular flexibility index (Phi) is 6.30. The van der Waals surface area contributed by atoms with Gasteiger partial charge >= 0.3 is 5.97 Å². The third kappa shape index (κ3) is 4.86. The second-order valence-electron chi connectivity index (χ2n) is 6.37. The van der Waals surface area contributed by atoms with Gasteiger partial charge in [0.05, 0.1) is 23.8 Å². The summed E-state index contributed by atoms with van der Waals surface area (Å²) in [6.07, 6.45) is -0.252. The summed E-state index contributed by atoms with van der Waals surface area (Å²) in [5.41, 5.74) is 1.84. The largest absolute Gasteiger partial charge is 0.491 e. The maximum Gasteiger partial charge on any atom is 0.338 e. The van der Waals surface area contributed by atoms with E-state index in [1.807, 2.05) is 27.7 Å². The predicted molar refractivity (Wildman–Crippen MR) is 103 cm³/mol. The number of thiocarbonyl (C=S) groups is 1. The smallest absolute Gasteiger partial charge is 0.338 e. The van der Waals surface area contributed by atoms with Crippen LogP contribution in [0, 0.1) is 0 Å². The van der Waals surface area contributed by atoms with Gasteiger partial charge in [0.1, 0.15) is 5.75 Å². The molecule has 5 nitrogen and oxygen atoms in total. The number of benzene rings is 1. The molecule has 1 aromatic carbocycles. The van der Waals surface area contributed by atoms with Gasteiger partial charge < -0.3 is 20.1 Å². The average molecular weight is 383 g/mol. The fraction of sp³-hybridized carbons (Fsp3) is 0.444. The summed E-state index contributed by atoms with van der Waals surface area (Å²) in [5, 5.41) is 7.09. The van der Waals surface area contributed by atoms with Crippen LogP contribution in [0.15, 0.2) is 29.5 Å². The molecule has 1 heterocycles. The molecule has 1 aliphatic rings. The number of allylic oxidation sites excluding steroid dienone is 1. The Hall–Kier alpha value is -1.79. The van der Waals surface area contributed by atoms with Crippen molar-refractivity contribution in [3.8, 4) is 5.75 Å². The standard InChI is InChI=1S/C18H23ClN2O3S/c1-9(2)23-14-7-6-12(19)8-13(14)16-15(17(22)24-10(3)4)11(5)20-18(25)21-16/h6-10,16H,1-5H3,(H2,20,21,25)/t16-/m0/s1. The zero-order valence-corrected chi connectivity index (χ0v) is 16.5. The molecule has 0 saturated carbocycles. The fourth-order valence-electron chi connectivity index (χ4n) is 2.58. The first kappa shape index (κ1) is 19.5. The van der Waals surface area contributed by atoms with Gasteiger partial charge in [-0.3, -0.25) is 0 Å². The topological polar surface area (TPSA) is 59.6 Å². The van der Waals surface area contributed by atoms with E-state index < -0.39 is 12.0 Å². The molecule has 0 fully saturated rings. The summed E-state index contributed by atoms with van der Waals surface area (Å²) in [4.78, 5) is 12.7. The Morgan fingerprint density at radius 2 is 1.92 bits per heavy atom. The summed E-state index contributed by atoms with van der Waals surface area (Å²) in [7, 11) is 0. The molecule has 0 spiro atoms. The van der Waals surface area contributed by atoms with E-state index in [4.69, 9.17) is 33.3 Å². The first-order valence-electron chi connectivity index (χ1n) is 8.14. The Morgan fingerprint density at radius 3 is 2.52 bits per heavy atom. The second-order valence-corrected chi connectivity index (χ2v) is 7.22. The van der Waals surface area contributed by atoms with E-state index >= 15 is 0 Å². The van der Waals surface area contributed by atoms with Crippen LogP contribution in [0.25, 0.3) is 0 Å². The van der Waals surface area contributed by atoms with E-state index in [2.05, 4.69) is 10.6 Å². The number of halogens is 1. The molecule has 2 rings (SSSR count). The lowest BCUT2D eigenvalue weighted by Crippen LogP contribution is -2.45. The van der Waals surface area contributed by atoms with Crippen LogP contribution in [0.3, 0.4) is 0 Å². The van der Waals surface area contributed by atoms with Gasteiger partial charge in [-0.25, -0.2) is 4.79 Å². The minimum absolute atomic E-state index is 0.0234. The highest BCUT2D eigenvalue weighted by Gasteiger charge is 2.33. The molecule has 25 heavy (non-hydrogen) atoms. The number of ether oxygens (including phenoxy) is 2. The van der Waals surface area contributed by atoms with E-state index in [1.54, 1.807) is 25.1 Å². The minimum Gasteiger partial charge on any atom is -0.491 e. The lowest BCUT2D eigenvalue weighted by atomic mass is 9.94. The summed E-state index contributed by atoms with van der Waals surface area (Å²) < 4.78 is 11.3. The highest BCUT2D eigenvalue weighted by atomic mass is 35.5. The molecule has 136 valence electrons. The van der Waals surface area contributed by atoms with Crippen LogP contribution in [0.4, 0.5) is 0 Å². The van der Waals surface area contributed by atoms with Crippen molar-refractivity contribution < 1.29 is 14.3 Å². The van der Waals surface area contributed by atoms with Crippen LogP contribution in [-0.4, -0.2) is 23.3 Å². The zero-order chi connectivity index (χ0) is 18.7. The molecule has 7 heteroatoms. The van der Waals surface area contributed by atoms with Crippen LogP contribution in [0.1, 0.15) is 46.2 Å². The van der Waals surface area contributed by atoms with Crippen molar-refractivity contribution in [2.24, 2.45) is 0 Å². The second kappa shape index (κ2) is 8.06. The van der Waals surface area contributed by atoms with Crippen LogP contribution >= 0.6 is 23.8 Å². The van der Waals surface area contributed by atoms with Crippen molar-refractivity contribution >= 4 is 34.9 Å². The maximum absolute atomic E-state index is 12.7. The van der Waals surface area contributed by atoms with E-state index in [1.165, 1.54) is 0 Å². The van der Waals surface area contributed by atoms with Gasteiger partial charge in [0.2, 0.25) is 0 Å². The van der Waals surface area contributed by atoms with Crippen molar-refractivity contribution in [3.63, 3.8) is 0 Å². The van der Waals surface area contributed by atoms with Gasteiger partial charge in [-0.1, -0.05) is 11.6 Å². The van der Waals surface area contributed by atoms with Crippen LogP contribution in [0.2, 0.25) is 5.02 Å². The number of hydrogen-bond acceptors (Lipinski definition) is 4. The highest BCUT2D eigenvalue weighted by Crippen LogP contribution is 2.36. The predicted octanol–water partition coefficient (Wildman–Crippen LogP) is 3.87. The Morgan fingerprint density at radius 1 is 1.24 bits per heavy atom. The normalized spacial score (nSPS) is 17.4. The van der Waals surface area contributed by atoms with E-state index in [0.717, 1.165) is 5.56 Å². The third-order valence-electron chi connectivity index (χ3n) is 3.48. The zero-order valence-electron chi connectivity index (χ0n) is 15.0. The number of carbonyl (C=O) groups excluding carboxylic acids is 1. The lowest BCUT2D eigenvalue weighted by Gasteiger charge is -2.31. The van der Waals surface area contributed by atoms with Crippen molar-refractivity contribution in [1.29, 1.82) is 0 Å². The summed E-state index contributed by atoms with van der Waals surface area (Å²) in [6, 6.07) is 4.82. The van der Waals surface area contributed by atoms with Gasteiger partial charge in [0.15, 0.2) is 5.11 Å². The van der Waals surface area contributed by atoms with Crippen molar-refractivity contribution in [3.05, 3.63) is 40.1 Å². The van der Waals surface area contributed by atoms with Gasteiger partial charge in [-0.2, -0.15) is 0 Å². The van der Waals surface area contributed by atoms with Gasteiger partial charge in [-0.15, -0.1) is 0 Å². The molecule has 0 unspecified atom stereocenters. The summed E-state index contributed by atoms with van der Waals surface area (Å²) >= 11 is 11.5. The van der Waals surface area contributed by atoms with E-state index in [9.17, 15) is 4.79 Å². The SMILES string of the molecule is CC1=C(C(=O)OC(C)C)[C@H](c2cc(Cl)ccc2OC(C)C)NC(=S)N1. The molecule has 2 N–H and O–H groups in total. The van der Waals surface area contributed by atoms with Crippen LogP contribution < -0.4 is 15.4 Å². The maximum atomic E-state index is 12.7. The number of carbonyl (C=O) groups is 1. The Balaban J connectivity index is 2.54. The van der Waals surface area contributed by atoms with E-state index in [-0.39, 0.29) is 12.2 Å². The molecular weight excluding hydrogens is 360 g/mol. The average Bonchev–Trinajstić information content (AvgIpc) is 2.46. The third-order valence-corrected chi connectivity index (χ3v) is 3.93. The molecule has 0 amide bonds. The molecule has 0 radical (unpaired) electrons. The quantitative estimate of drug-likeness (QED) is 0.595. The Labute approximate surface area is 158 Å². The van der Waals surface area contributed by atoms with E-state index in [0.29, 0.717) is 27.2 Å². The monoisotopic (exact) mass is 382 g/mol. The van der Waals surface area contributed by atoms with Crippen LogP contribution in [0.5, 0.6) is 5.75 Å². The van der Waals surface area contributed by atoms with Crippen molar-refractivity contribution in [2.45, 2.75) is 52.9 Å². The Bertz CT molecular complexity index is 716. The van der Waals surface area contributed by atoms with Crippen LogP contribution in [-0.2, 0) is 9.53 Å². The molecular formula is C18H23ClN2O3S. The van der Waals surface area contributed by atoms with Gasteiger partial charge in [-0.05, 0) is 65.0 Å². The molecule has 1 atom stereocenters. The molecule has 1 aliphatic heterocycles. The number of esters is 1. The summed E-state index contributed by atoms with van der Waals surface area (Å²) in [6.45, 7) is 9.29. The van der Waals surface area contributed by atoms with Crippen molar-refractivity contribution in [2.75, 3.05) is 0 Å². The highest BCUT2D eigenvalue weighted by molar-refractivity contribution is 7.80. The molecule has 0 aromatic heterocycles. The van der Waals surface area contributed by atoms with Gasteiger partial charge in [0, 0.05) is 16.3 Å². The first-order chi connectivity index (χ1) is 11.7. The van der Waals surface area contributed by atoms with Gasteiger partial charge in [0.25, 0.3) is 0 Å². The number of nitrogens with one attached hydrogen (secondary N) is 2. The molecule has 1 aromatic rings. The fourth-order valence-corrected chi connectivity index (χ4v) is 3.03. The first-order valence-corrected chi connectivity index (χ1v) is 8.93. The molecule has 0 aliphatic carbocycles. The number of hydrogen-bond donors (Lipinski definition) is 2. The molecule has 0 saturated heterocycles. The number of rotatable bonds is 5. The minimum atomic E-state index is -0.507. The molecule has 0 bridgehead atoms. The lowest BCUT2D eigenvalue weighted by molar-refractivity contribution is -0.143. The van der Waals surface area contributed by atoms with Crippen molar-refractivity contribution in [1.82, 2.24) is 10.6 Å².